The van der Waals surface area contributed by atoms with E-state index in [2.05, 4.69) is 0 Å². The van der Waals surface area contributed by atoms with Gasteiger partial charge in [-0.15, -0.1) is 0 Å². The summed E-state index contributed by atoms with van der Waals surface area (Å²) in [6.07, 6.45) is -24.7. The van der Waals surface area contributed by atoms with E-state index in [0.29, 0.717) is 0 Å². The first-order valence-electron chi connectivity index (χ1n) is 10.5. The third kappa shape index (κ3) is 6.37. The van der Waals surface area contributed by atoms with Gasteiger partial charge < -0.3 is 80.2 Å². The molecule has 16 nitrogen and oxygen atoms in total. The lowest BCUT2D eigenvalue weighted by Crippen LogP contribution is -2.65. The number of hydrogen-bond acceptors (Lipinski definition) is 16. The predicted molar refractivity (Wildman–Crippen MR) is 103 cm³/mol. The highest BCUT2D eigenvalue weighted by atomic mass is 16.7. The lowest BCUT2D eigenvalue weighted by Gasteiger charge is -2.46. The van der Waals surface area contributed by atoms with Gasteiger partial charge in [-0.1, -0.05) is 0 Å². The van der Waals surface area contributed by atoms with Crippen molar-refractivity contribution in [3.05, 3.63) is 0 Å². The summed E-state index contributed by atoms with van der Waals surface area (Å²) in [5.41, 5.74) is 0. The van der Waals surface area contributed by atoms with Gasteiger partial charge in [-0.05, 0) is 0 Å². The van der Waals surface area contributed by atoms with E-state index in [4.69, 9.17) is 24.1 Å². The summed E-state index contributed by atoms with van der Waals surface area (Å²) in [4.78, 5) is 0. The van der Waals surface area contributed by atoms with E-state index in [1.165, 1.54) is 0 Å². The van der Waals surface area contributed by atoms with Gasteiger partial charge in [0.05, 0.1) is 26.4 Å². The molecule has 0 aliphatic carbocycles. The van der Waals surface area contributed by atoms with E-state index in [-0.39, 0.29) is 0 Å². The van der Waals surface area contributed by atoms with Gasteiger partial charge in [0.15, 0.2) is 12.6 Å². The van der Waals surface area contributed by atoms with Crippen LogP contribution in [0, 0.1) is 0 Å². The predicted octanol–water partition coefficient (Wildman–Crippen LogP) is -7.94. The fourth-order valence-corrected chi connectivity index (χ4v) is 3.65. The Morgan fingerprint density at radius 3 is 1.68 bits per heavy atom. The van der Waals surface area contributed by atoms with Crippen LogP contribution in [0.3, 0.4) is 0 Å². The van der Waals surface area contributed by atoms with Crippen LogP contribution in [0.25, 0.3) is 0 Å². The van der Waals surface area contributed by atoms with E-state index in [0.717, 1.165) is 0 Å². The zero-order chi connectivity index (χ0) is 25.7. The second-order valence-electron chi connectivity index (χ2n) is 8.10. The van der Waals surface area contributed by atoms with Crippen LogP contribution >= 0.6 is 0 Å². The van der Waals surface area contributed by atoms with Crippen molar-refractivity contribution >= 4 is 0 Å². The molecule has 14 atom stereocenters. The minimum Gasteiger partial charge on any atom is -0.394 e. The molecule has 14 unspecified atom stereocenters. The SMILES string of the molecule is OCC(O)C(O)C(OC1OC(CO)C(OC2OC(CO)C(O)C(O)C2O)C(O)C1O)C(O)CO. The summed E-state index contributed by atoms with van der Waals surface area (Å²) in [7, 11) is 0. The molecule has 0 bridgehead atoms. The molecule has 16 heteroatoms. The van der Waals surface area contributed by atoms with E-state index < -0.39 is 112 Å². The van der Waals surface area contributed by atoms with Crippen LogP contribution in [0.2, 0.25) is 0 Å². The van der Waals surface area contributed by atoms with Crippen LogP contribution in [-0.4, -0.2) is 174 Å². The zero-order valence-corrected chi connectivity index (χ0v) is 17.9. The largest absolute Gasteiger partial charge is 0.394 e. The maximum atomic E-state index is 10.6. The fraction of sp³-hybridized carbons (Fsp3) is 1.00. The van der Waals surface area contributed by atoms with Crippen molar-refractivity contribution in [3.8, 4) is 0 Å². The molecule has 34 heavy (non-hydrogen) atoms. The quantitative estimate of drug-likeness (QED) is 0.124. The second-order valence-corrected chi connectivity index (χ2v) is 8.10. The Hall–Kier alpha value is -0.640. The zero-order valence-electron chi connectivity index (χ0n) is 17.9. The normalized spacial score (nSPS) is 42.7. The molecular weight excluding hydrogens is 472 g/mol. The maximum absolute atomic E-state index is 10.6. The van der Waals surface area contributed by atoms with Crippen LogP contribution in [-0.2, 0) is 18.9 Å². The summed E-state index contributed by atoms with van der Waals surface area (Å²) >= 11 is 0. The number of aliphatic hydroxyl groups excluding tert-OH is 12. The topological polar surface area (TPSA) is 280 Å². The highest BCUT2D eigenvalue weighted by molar-refractivity contribution is 4.95. The van der Waals surface area contributed by atoms with Crippen LogP contribution in [0.5, 0.6) is 0 Å². The van der Waals surface area contributed by atoms with Gasteiger partial charge in [0, 0.05) is 0 Å². The third-order valence-corrected chi connectivity index (χ3v) is 5.74. The minimum absolute atomic E-state index is 0.757. The first-order valence-corrected chi connectivity index (χ1v) is 10.5. The Morgan fingerprint density at radius 2 is 1.15 bits per heavy atom. The minimum atomic E-state index is -1.98. The highest BCUT2D eigenvalue weighted by Gasteiger charge is 2.51. The summed E-state index contributed by atoms with van der Waals surface area (Å²) in [6, 6.07) is 0. The standard InChI is InChI=1S/C18H34O16/c19-1-5(23)9(25)15(6(24)2-20)33-18-14(30)12(28)16(8(4-22)32-18)34-17-13(29)11(27)10(26)7(3-21)31-17/h5-30H,1-4H2. The molecule has 2 saturated heterocycles. The van der Waals surface area contributed by atoms with Crippen molar-refractivity contribution < 1.29 is 80.2 Å². The number of hydrogen-bond donors (Lipinski definition) is 12. The first-order chi connectivity index (χ1) is 16.0. The highest BCUT2D eigenvalue weighted by Crippen LogP contribution is 2.30. The molecule has 202 valence electrons. The van der Waals surface area contributed by atoms with Crippen molar-refractivity contribution in [3.63, 3.8) is 0 Å². The van der Waals surface area contributed by atoms with E-state index in [9.17, 15) is 56.2 Å². The summed E-state index contributed by atoms with van der Waals surface area (Å²) < 4.78 is 21.2. The Balaban J connectivity index is 2.17. The Labute approximate surface area is 193 Å². The average Bonchev–Trinajstić information content (AvgIpc) is 2.84. The Morgan fingerprint density at radius 1 is 0.618 bits per heavy atom. The van der Waals surface area contributed by atoms with Gasteiger partial charge in [0.1, 0.15) is 73.2 Å². The van der Waals surface area contributed by atoms with Crippen molar-refractivity contribution in [1.82, 2.24) is 0 Å². The Kier molecular flexibility index (Phi) is 11.4. The van der Waals surface area contributed by atoms with Gasteiger partial charge >= 0.3 is 0 Å². The van der Waals surface area contributed by atoms with Crippen molar-refractivity contribution in [2.75, 3.05) is 26.4 Å². The third-order valence-electron chi connectivity index (χ3n) is 5.74. The van der Waals surface area contributed by atoms with Crippen molar-refractivity contribution in [2.45, 2.75) is 85.8 Å². The lowest BCUT2D eigenvalue weighted by molar-refractivity contribution is -0.367. The summed E-state index contributed by atoms with van der Waals surface area (Å²) in [5.74, 6) is 0. The molecule has 2 rings (SSSR count). The van der Waals surface area contributed by atoms with Gasteiger partial charge in [-0.3, -0.25) is 0 Å². The van der Waals surface area contributed by atoms with E-state index in [1.54, 1.807) is 0 Å². The molecule has 0 amide bonds. The van der Waals surface area contributed by atoms with Crippen molar-refractivity contribution in [1.29, 1.82) is 0 Å². The summed E-state index contributed by atoms with van der Waals surface area (Å²) in [6.45, 7) is -3.52. The van der Waals surface area contributed by atoms with Gasteiger partial charge in [0.2, 0.25) is 0 Å². The van der Waals surface area contributed by atoms with Gasteiger partial charge in [-0.25, -0.2) is 0 Å². The molecule has 2 aliphatic heterocycles. The fourth-order valence-electron chi connectivity index (χ4n) is 3.65. The maximum Gasteiger partial charge on any atom is 0.187 e. The molecule has 0 saturated carbocycles. The van der Waals surface area contributed by atoms with Gasteiger partial charge in [0.25, 0.3) is 0 Å². The van der Waals surface area contributed by atoms with Crippen LogP contribution in [0.1, 0.15) is 0 Å². The smallest absolute Gasteiger partial charge is 0.187 e. The van der Waals surface area contributed by atoms with E-state index >= 15 is 0 Å². The second kappa shape index (κ2) is 13.1. The lowest BCUT2D eigenvalue weighted by atomic mass is 9.96. The molecule has 12 N–H and O–H groups in total. The Bertz CT molecular complexity index is 594. The van der Waals surface area contributed by atoms with Gasteiger partial charge in [-0.2, -0.15) is 0 Å². The number of rotatable bonds is 11. The molecule has 0 aromatic heterocycles. The number of ether oxygens (including phenoxy) is 4. The summed E-state index contributed by atoms with van der Waals surface area (Å²) in [5, 5.41) is 118. The molecule has 2 fully saturated rings. The molecular formula is C18H34O16. The van der Waals surface area contributed by atoms with Crippen LogP contribution in [0.15, 0.2) is 0 Å². The molecule has 2 aliphatic rings. The monoisotopic (exact) mass is 506 g/mol. The number of aliphatic hydroxyl groups is 12. The average molecular weight is 506 g/mol. The van der Waals surface area contributed by atoms with Crippen LogP contribution < -0.4 is 0 Å². The van der Waals surface area contributed by atoms with E-state index in [1.807, 2.05) is 0 Å². The first kappa shape index (κ1) is 29.6. The van der Waals surface area contributed by atoms with Crippen LogP contribution in [0.4, 0.5) is 0 Å². The molecule has 0 spiro atoms. The van der Waals surface area contributed by atoms with Crippen molar-refractivity contribution in [2.24, 2.45) is 0 Å². The molecule has 0 radical (unpaired) electrons. The molecule has 2 heterocycles. The molecule has 0 aromatic carbocycles. The molecule has 0 aromatic rings.